The van der Waals surface area contributed by atoms with Crippen molar-refractivity contribution in [3.63, 3.8) is 0 Å². The second-order valence-electron chi connectivity index (χ2n) is 5.49. The van der Waals surface area contributed by atoms with Crippen LogP contribution in [0.25, 0.3) is 5.57 Å². The van der Waals surface area contributed by atoms with Crippen LogP contribution in [0, 0.1) is 0 Å². The summed E-state index contributed by atoms with van der Waals surface area (Å²) in [6, 6.07) is 2.11. The second kappa shape index (κ2) is 8.28. The number of nitrogens with zero attached hydrogens (tertiary/aromatic N) is 2. The first-order valence-electron chi connectivity index (χ1n) is 7.05. The molecule has 0 aliphatic heterocycles. The summed E-state index contributed by atoms with van der Waals surface area (Å²) < 4.78 is 5.30. The lowest BCUT2D eigenvalue weighted by Crippen LogP contribution is -2.16. The van der Waals surface area contributed by atoms with E-state index in [1.807, 2.05) is 6.20 Å². The van der Waals surface area contributed by atoms with Crippen LogP contribution in [0.5, 0.6) is 5.75 Å². The molecule has 0 amide bonds. The van der Waals surface area contributed by atoms with Gasteiger partial charge in [-0.15, -0.1) is 12.4 Å². The first-order valence-corrected chi connectivity index (χ1v) is 7.05. The number of rotatable bonds is 4. The average molecular weight is 297 g/mol. The molecule has 20 heavy (non-hydrogen) atoms. The molecule has 0 saturated carbocycles. The smallest absolute Gasteiger partial charge is 0.137 e. The molecule has 2 rings (SSSR count). The van der Waals surface area contributed by atoms with E-state index in [9.17, 15) is 0 Å². The predicted molar refractivity (Wildman–Crippen MR) is 86.6 cm³/mol. The number of hydrogen-bond donors (Lipinski definition) is 0. The highest BCUT2D eigenvalue weighted by Gasteiger charge is 2.14. The number of aromatic nitrogens is 1. The van der Waals surface area contributed by atoms with E-state index in [0.717, 1.165) is 18.7 Å². The summed E-state index contributed by atoms with van der Waals surface area (Å²) in [5.74, 6) is 0.846. The van der Waals surface area contributed by atoms with Gasteiger partial charge in [0.1, 0.15) is 5.75 Å². The third-order valence-electron chi connectivity index (χ3n) is 3.64. The van der Waals surface area contributed by atoms with E-state index in [1.54, 1.807) is 18.9 Å². The highest BCUT2D eigenvalue weighted by atomic mass is 35.5. The molecule has 1 aromatic heterocycles. The van der Waals surface area contributed by atoms with Crippen molar-refractivity contribution in [3.05, 3.63) is 29.6 Å². The van der Waals surface area contributed by atoms with Crippen LogP contribution in [0.2, 0.25) is 0 Å². The zero-order chi connectivity index (χ0) is 13.7. The maximum absolute atomic E-state index is 5.30. The number of methoxy groups -OCH3 is 1. The molecule has 0 spiro atoms. The first-order chi connectivity index (χ1) is 9.20. The Morgan fingerprint density at radius 1 is 1.15 bits per heavy atom. The molecule has 0 N–H and O–H groups in total. The topological polar surface area (TPSA) is 25.4 Å². The van der Waals surface area contributed by atoms with Crippen LogP contribution < -0.4 is 4.74 Å². The Morgan fingerprint density at radius 2 is 1.90 bits per heavy atom. The Balaban J connectivity index is 0.00000200. The third kappa shape index (κ3) is 4.50. The maximum Gasteiger partial charge on any atom is 0.137 e. The minimum Gasteiger partial charge on any atom is -0.495 e. The largest absolute Gasteiger partial charge is 0.495 e. The Morgan fingerprint density at radius 3 is 2.60 bits per heavy atom. The molecule has 0 radical (unpaired) electrons. The van der Waals surface area contributed by atoms with Gasteiger partial charge in [-0.05, 0) is 57.0 Å². The van der Waals surface area contributed by atoms with Crippen molar-refractivity contribution >= 4 is 18.0 Å². The minimum atomic E-state index is 0. The standard InChI is InChI=1S/C16H24N2O.ClH/c1-18(2)12-13-7-5-4-6-8-16(13)14-9-15(19-3)11-17-10-14;/h9-11H,4-8,12H2,1-3H3;1H. The van der Waals surface area contributed by atoms with Gasteiger partial charge in [0.2, 0.25) is 0 Å². The van der Waals surface area contributed by atoms with Crippen LogP contribution >= 0.6 is 12.4 Å². The third-order valence-corrected chi connectivity index (χ3v) is 3.64. The molecule has 1 heterocycles. The van der Waals surface area contributed by atoms with E-state index < -0.39 is 0 Å². The van der Waals surface area contributed by atoms with E-state index in [2.05, 4.69) is 30.0 Å². The van der Waals surface area contributed by atoms with Gasteiger partial charge in [0.05, 0.1) is 13.3 Å². The molecule has 0 saturated heterocycles. The molecule has 0 aromatic carbocycles. The summed E-state index contributed by atoms with van der Waals surface area (Å²) >= 11 is 0. The van der Waals surface area contributed by atoms with Gasteiger partial charge >= 0.3 is 0 Å². The van der Waals surface area contributed by atoms with Gasteiger partial charge in [-0.2, -0.15) is 0 Å². The lowest BCUT2D eigenvalue weighted by molar-refractivity contribution is 0.412. The van der Waals surface area contributed by atoms with Gasteiger partial charge in [-0.1, -0.05) is 12.0 Å². The van der Waals surface area contributed by atoms with Crippen molar-refractivity contribution in [2.75, 3.05) is 27.7 Å². The quantitative estimate of drug-likeness (QED) is 0.845. The van der Waals surface area contributed by atoms with E-state index in [1.165, 1.54) is 36.8 Å². The van der Waals surface area contributed by atoms with E-state index in [4.69, 9.17) is 4.74 Å². The van der Waals surface area contributed by atoms with Crippen molar-refractivity contribution in [1.29, 1.82) is 0 Å². The van der Waals surface area contributed by atoms with Crippen LogP contribution in [-0.2, 0) is 0 Å². The molecule has 1 aliphatic carbocycles. The fourth-order valence-corrected chi connectivity index (χ4v) is 2.74. The highest BCUT2D eigenvalue weighted by Crippen LogP contribution is 2.32. The van der Waals surface area contributed by atoms with Crippen LogP contribution in [-0.4, -0.2) is 37.6 Å². The van der Waals surface area contributed by atoms with Crippen LogP contribution in [0.1, 0.15) is 37.7 Å². The fraction of sp³-hybridized carbons (Fsp3) is 0.562. The van der Waals surface area contributed by atoms with Gasteiger partial charge in [-0.3, -0.25) is 4.98 Å². The Kier molecular flexibility index (Phi) is 7.03. The van der Waals surface area contributed by atoms with Crippen LogP contribution in [0.4, 0.5) is 0 Å². The zero-order valence-corrected chi connectivity index (χ0v) is 13.5. The van der Waals surface area contributed by atoms with E-state index in [-0.39, 0.29) is 12.4 Å². The number of halogens is 1. The van der Waals surface area contributed by atoms with Gasteiger partial charge in [-0.25, -0.2) is 0 Å². The molecule has 0 fully saturated rings. The molecule has 112 valence electrons. The van der Waals surface area contributed by atoms with Crippen molar-refractivity contribution < 1.29 is 4.74 Å². The Labute approximate surface area is 128 Å². The van der Waals surface area contributed by atoms with E-state index >= 15 is 0 Å². The maximum atomic E-state index is 5.30. The second-order valence-corrected chi connectivity index (χ2v) is 5.49. The molecule has 0 atom stereocenters. The van der Waals surface area contributed by atoms with Crippen LogP contribution in [0.3, 0.4) is 0 Å². The van der Waals surface area contributed by atoms with E-state index in [0.29, 0.717) is 0 Å². The monoisotopic (exact) mass is 296 g/mol. The van der Waals surface area contributed by atoms with Gasteiger partial charge < -0.3 is 9.64 Å². The number of allylic oxidation sites excluding steroid dienone is 1. The van der Waals surface area contributed by atoms with Crippen molar-refractivity contribution in [2.24, 2.45) is 0 Å². The highest BCUT2D eigenvalue weighted by molar-refractivity contribution is 5.85. The molecule has 0 unspecified atom stereocenters. The zero-order valence-electron chi connectivity index (χ0n) is 12.7. The SMILES string of the molecule is COc1cncc(C2=C(CN(C)C)CCCCC2)c1.Cl. The summed E-state index contributed by atoms with van der Waals surface area (Å²) in [6.07, 6.45) is 10.0. The lowest BCUT2D eigenvalue weighted by Gasteiger charge is -2.17. The first kappa shape index (κ1) is 17.0. The number of pyridine rings is 1. The summed E-state index contributed by atoms with van der Waals surface area (Å²) in [6.45, 7) is 1.05. The Bertz CT molecular complexity index is 458. The molecular weight excluding hydrogens is 272 g/mol. The lowest BCUT2D eigenvalue weighted by atomic mass is 9.97. The molecular formula is C16H25ClN2O. The summed E-state index contributed by atoms with van der Waals surface area (Å²) in [5.41, 5.74) is 4.29. The van der Waals surface area contributed by atoms with Crippen molar-refractivity contribution in [3.8, 4) is 5.75 Å². The van der Waals surface area contributed by atoms with Gasteiger partial charge in [0, 0.05) is 12.7 Å². The summed E-state index contributed by atoms with van der Waals surface area (Å²) in [7, 11) is 5.97. The number of likely N-dealkylation sites (N-methyl/N-ethyl adjacent to an activating group) is 1. The van der Waals surface area contributed by atoms with Crippen molar-refractivity contribution in [2.45, 2.75) is 32.1 Å². The van der Waals surface area contributed by atoms with Gasteiger partial charge in [0.25, 0.3) is 0 Å². The number of hydrogen-bond acceptors (Lipinski definition) is 3. The van der Waals surface area contributed by atoms with Gasteiger partial charge in [0.15, 0.2) is 0 Å². The fourth-order valence-electron chi connectivity index (χ4n) is 2.74. The molecule has 4 heteroatoms. The average Bonchev–Trinajstić information content (AvgIpc) is 2.63. The summed E-state index contributed by atoms with van der Waals surface area (Å²) in [5, 5.41) is 0. The summed E-state index contributed by atoms with van der Waals surface area (Å²) in [4.78, 5) is 6.56. The van der Waals surface area contributed by atoms with Crippen LogP contribution in [0.15, 0.2) is 24.0 Å². The molecule has 1 aliphatic rings. The molecule has 3 nitrogen and oxygen atoms in total. The minimum absolute atomic E-state index is 0. The Hall–Kier alpha value is -1.06. The number of ether oxygens (including phenoxy) is 1. The van der Waals surface area contributed by atoms with Crippen molar-refractivity contribution in [1.82, 2.24) is 9.88 Å². The normalized spacial score (nSPS) is 15.8. The molecule has 1 aromatic rings. The molecule has 0 bridgehead atoms. The predicted octanol–water partition coefficient (Wildman–Crippen LogP) is 3.79.